The van der Waals surface area contributed by atoms with Crippen LogP contribution >= 0.6 is 23.1 Å². The zero-order valence-corrected chi connectivity index (χ0v) is 12.5. The summed E-state index contributed by atoms with van der Waals surface area (Å²) in [6.45, 7) is 3.61. The molecule has 2 rings (SSSR count). The Morgan fingerprint density at radius 2 is 2.37 bits per heavy atom. The fourth-order valence-electron chi connectivity index (χ4n) is 1.66. The first kappa shape index (κ1) is 14.5. The standard InChI is InChI=1S/C10H13N3O3S3/c1-2-4-17-10-13-12-9(18-10)11-8(14)7-3-5-19(15,16)6-7/h2,7H,1,3-6H2,(H,11,12,14)/t7-/m0/s1. The van der Waals surface area contributed by atoms with Gasteiger partial charge in [-0.15, -0.1) is 16.8 Å². The molecule has 1 N–H and O–H groups in total. The van der Waals surface area contributed by atoms with Crippen LogP contribution in [0, 0.1) is 5.92 Å². The third-order valence-corrected chi connectivity index (χ3v) is 6.30. The van der Waals surface area contributed by atoms with Crippen molar-refractivity contribution >= 4 is 44.0 Å². The van der Waals surface area contributed by atoms with Gasteiger partial charge >= 0.3 is 0 Å². The van der Waals surface area contributed by atoms with Gasteiger partial charge in [0.1, 0.15) is 0 Å². The van der Waals surface area contributed by atoms with E-state index in [1.165, 1.54) is 23.1 Å². The van der Waals surface area contributed by atoms with E-state index < -0.39 is 15.8 Å². The van der Waals surface area contributed by atoms with Gasteiger partial charge in [-0.25, -0.2) is 8.42 Å². The van der Waals surface area contributed by atoms with Gasteiger partial charge in [-0.1, -0.05) is 29.2 Å². The van der Waals surface area contributed by atoms with Gasteiger partial charge in [0.05, 0.1) is 17.4 Å². The molecule has 0 saturated carbocycles. The van der Waals surface area contributed by atoms with Gasteiger partial charge in [-0.2, -0.15) is 0 Å². The molecule has 2 heterocycles. The van der Waals surface area contributed by atoms with Gasteiger partial charge in [0.2, 0.25) is 11.0 Å². The fraction of sp³-hybridized carbons (Fsp3) is 0.500. The van der Waals surface area contributed by atoms with E-state index in [1.807, 2.05) is 0 Å². The lowest BCUT2D eigenvalue weighted by Crippen LogP contribution is -2.23. The number of nitrogens with one attached hydrogen (secondary N) is 1. The van der Waals surface area contributed by atoms with Gasteiger partial charge in [0, 0.05) is 5.75 Å². The van der Waals surface area contributed by atoms with E-state index in [0.29, 0.717) is 11.6 Å². The topological polar surface area (TPSA) is 89.0 Å². The Balaban J connectivity index is 1.92. The van der Waals surface area contributed by atoms with E-state index in [2.05, 4.69) is 22.1 Å². The minimum atomic E-state index is -3.05. The van der Waals surface area contributed by atoms with Crippen molar-refractivity contribution in [3.8, 4) is 0 Å². The second-order valence-electron chi connectivity index (χ2n) is 4.06. The van der Waals surface area contributed by atoms with Crippen LogP contribution < -0.4 is 5.32 Å². The zero-order valence-electron chi connectivity index (χ0n) is 10.0. The van der Waals surface area contributed by atoms with Crippen molar-refractivity contribution in [1.82, 2.24) is 10.2 Å². The summed E-state index contributed by atoms with van der Waals surface area (Å²) in [5.74, 6) is -0.0310. The average Bonchev–Trinajstić information content (AvgIpc) is 2.93. The summed E-state index contributed by atoms with van der Waals surface area (Å²) < 4.78 is 23.3. The number of thioether (sulfide) groups is 1. The van der Waals surface area contributed by atoms with Gasteiger partial charge < -0.3 is 5.32 Å². The number of anilines is 1. The predicted octanol–water partition coefficient (Wildman–Crippen LogP) is 1.19. The molecule has 1 amide bonds. The smallest absolute Gasteiger partial charge is 0.230 e. The van der Waals surface area contributed by atoms with E-state index >= 15 is 0 Å². The summed E-state index contributed by atoms with van der Waals surface area (Å²) in [7, 11) is -3.05. The first-order valence-corrected chi connectivity index (χ1v) is 9.21. The fourth-order valence-corrected chi connectivity index (χ4v) is 4.92. The van der Waals surface area contributed by atoms with Crippen LogP contribution in [0.15, 0.2) is 17.0 Å². The number of aromatic nitrogens is 2. The van der Waals surface area contributed by atoms with Gasteiger partial charge in [-0.05, 0) is 6.42 Å². The summed E-state index contributed by atoms with van der Waals surface area (Å²) in [6, 6.07) is 0. The minimum Gasteiger partial charge on any atom is -0.300 e. The highest BCUT2D eigenvalue weighted by molar-refractivity contribution is 8.01. The molecule has 19 heavy (non-hydrogen) atoms. The van der Waals surface area contributed by atoms with Crippen molar-refractivity contribution in [3.05, 3.63) is 12.7 Å². The number of hydrogen-bond acceptors (Lipinski definition) is 7. The molecule has 0 aliphatic carbocycles. The number of sulfone groups is 1. The van der Waals surface area contributed by atoms with Gasteiger partial charge in [0.15, 0.2) is 14.2 Å². The largest absolute Gasteiger partial charge is 0.300 e. The Morgan fingerprint density at radius 1 is 1.58 bits per heavy atom. The van der Waals surface area contributed by atoms with E-state index in [1.54, 1.807) is 6.08 Å². The highest BCUT2D eigenvalue weighted by Gasteiger charge is 2.33. The third kappa shape index (κ3) is 4.02. The molecule has 9 heteroatoms. The minimum absolute atomic E-state index is 0.0737. The van der Waals surface area contributed by atoms with Crippen LogP contribution in [-0.4, -0.2) is 41.8 Å². The summed E-state index contributed by atoms with van der Waals surface area (Å²) in [5.41, 5.74) is 0. The first-order valence-electron chi connectivity index (χ1n) is 5.58. The van der Waals surface area contributed by atoms with Gasteiger partial charge in [-0.3, -0.25) is 4.79 Å². The van der Waals surface area contributed by atoms with Crippen molar-refractivity contribution in [2.75, 3.05) is 22.6 Å². The monoisotopic (exact) mass is 319 g/mol. The lowest BCUT2D eigenvalue weighted by molar-refractivity contribution is -0.119. The number of rotatable bonds is 5. The van der Waals surface area contributed by atoms with Crippen molar-refractivity contribution in [2.24, 2.45) is 5.92 Å². The van der Waals surface area contributed by atoms with Crippen LogP contribution in [0.1, 0.15) is 6.42 Å². The molecule has 0 aromatic carbocycles. The second-order valence-corrected chi connectivity index (χ2v) is 8.54. The van der Waals surface area contributed by atoms with Gasteiger partial charge in [0.25, 0.3) is 0 Å². The SMILES string of the molecule is C=CCSc1nnc(NC(=O)[C@H]2CCS(=O)(=O)C2)s1. The van der Waals surface area contributed by atoms with Crippen LogP contribution in [0.4, 0.5) is 5.13 Å². The summed E-state index contributed by atoms with van der Waals surface area (Å²) in [5, 5.41) is 10.8. The quantitative estimate of drug-likeness (QED) is 0.498. The molecule has 0 spiro atoms. The maximum Gasteiger partial charge on any atom is 0.230 e. The molecule has 1 aliphatic rings. The molecule has 1 saturated heterocycles. The summed E-state index contributed by atoms with van der Waals surface area (Å²) in [6.07, 6.45) is 2.14. The van der Waals surface area contributed by atoms with E-state index in [9.17, 15) is 13.2 Å². The number of amides is 1. The Labute approximate surface area is 119 Å². The number of carbonyl (C=O) groups excluding carboxylic acids is 1. The first-order chi connectivity index (χ1) is 9.00. The van der Waals surface area contributed by atoms with E-state index in [4.69, 9.17) is 0 Å². The maximum atomic E-state index is 11.9. The Bertz CT molecular complexity index is 582. The highest BCUT2D eigenvalue weighted by Crippen LogP contribution is 2.26. The molecular formula is C10H13N3O3S3. The van der Waals surface area contributed by atoms with Crippen LogP contribution in [0.5, 0.6) is 0 Å². The van der Waals surface area contributed by atoms with Crippen molar-refractivity contribution in [1.29, 1.82) is 0 Å². The summed E-state index contributed by atoms with van der Waals surface area (Å²) >= 11 is 2.75. The zero-order chi connectivity index (χ0) is 13.9. The molecule has 1 aliphatic heterocycles. The molecular weight excluding hydrogens is 306 g/mol. The molecule has 1 aromatic heterocycles. The van der Waals surface area contributed by atoms with Crippen molar-refractivity contribution in [2.45, 2.75) is 10.8 Å². The third-order valence-electron chi connectivity index (χ3n) is 2.56. The van der Waals surface area contributed by atoms with Crippen LogP contribution in [0.2, 0.25) is 0 Å². The highest BCUT2D eigenvalue weighted by atomic mass is 32.2. The molecule has 0 unspecified atom stereocenters. The lowest BCUT2D eigenvalue weighted by atomic mass is 10.1. The van der Waals surface area contributed by atoms with Crippen LogP contribution in [0.25, 0.3) is 0 Å². The maximum absolute atomic E-state index is 11.9. The lowest BCUT2D eigenvalue weighted by Gasteiger charge is -2.05. The Kier molecular flexibility index (Phi) is 4.58. The number of hydrogen-bond donors (Lipinski definition) is 1. The van der Waals surface area contributed by atoms with Crippen LogP contribution in [-0.2, 0) is 14.6 Å². The average molecular weight is 319 g/mol. The number of carbonyl (C=O) groups is 1. The molecule has 1 atom stereocenters. The van der Waals surface area contributed by atoms with Crippen molar-refractivity contribution < 1.29 is 13.2 Å². The molecule has 1 aromatic rings. The molecule has 0 bridgehead atoms. The number of nitrogens with zero attached hydrogens (tertiary/aromatic N) is 2. The van der Waals surface area contributed by atoms with E-state index in [-0.39, 0.29) is 17.4 Å². The second kappa shape index (κ2) is 6.02. The molecule has 104 valence electrons. The van der Waals surface area contributed by atoms with Crippen LogP contribution in [0.3, 0.4) is 0 Å². The van der Waals surface area contributed by atoms with Crippen molar-refractivity contribution in [3.63, 3.8) is 0 Å². The van der Waals surface area contributed by atoms with E-state index in [0.717, 1.165) is 10.1 Å². The molecule has 6 nitrogen and oxygen atoms in total. The molecule has 0 radical (unpaired) electrons. The Hall–Kier alpha value is -0.930. The Morgan fingerprint density at radius 3 is 3.00 bits per heavy atom. The normalized spacial score (nSPS) is 21.2. The molecule has 1 fully saturated rings. The summed E-state index contributed by atoms with van der Waals surface area (Å²) in [4.78, 5) is 11.9. The predicted molar refractivity (Wildman–Crippen MR) is 76.2 cm³/mol.